The van der Waals surface area contributed by atoms with E-state index in [1.165, 1.54) is 0 Å². The number of esters is 1. The fraction of sp³-hybridized carbons (Fsp3) is 0.364. The van der Waals surface area contributed by atoms with Crippen molar-refractivity contribution in [1.29, 1.82) is 0 Å². The van der Waals surface area contributed by atoms with Crippen LogP contribution in [0.2, 0.25) is 0 Å². The predicted octanol–water partition coefficient (Wildman–Crippen LogP) is 2.41. The van der Waals surface area contributed by atoms with E-state index in [9.17, 15) is 14.3 Å². The second-order valence-corrected chi connectivity index (χ2v) is 4.31. The summed E-state index contributed by atoms with van der Waals surface area (Å²) < 4.78 is 18.8. The molecule has 1 unspecified atom stereocenters. The van der Waals surface area contributed by atoms with Crippen LogP contribution in [-0.2, 0) is 9.53 Å². The van der Waals surface area contributed by atoms with E-state index in [4.69, 9.17) is 0 Å². The maximum Gasteiger partial charge on any atom is 0.339 e. The highest BCUT2D eigenvalue weighted by molar-refractivity contribution is 9.10. The van der Waals surface area contributed by atoms with E-state index >= 15 is 0 Å². The van der Waals surface area contributed by atoms with Crippen LogP contribution in [0.15, 0.2) is 10.5 Å². The van der Waals surface area contributed by atoms with Crippen LogP contribution >= 0.6 is 15.9 Å². The van der Waals surface area contributed by atoms with Crippen LogP contribution in [0.3, 0.4) is 0 Å². The summed E-state index contributed by atoms with van der Waals surface area (Å²) in [4.78, 5) is 11.2. The van der Waals surface area contributed by atoms with Gasteiger partial charge in [0.2, 0.25) is 0 Å². The Labute approximate surface area is 101 Å². The van der Waals surface area contributed by atoms with Crippen molar-refractivity contribution in [2.45, 2.75) is 20.0 Å². The number of rotatable bonds is 2. The highest BCUT2D eigenvalue weighted by Gasteiger charge is 2.25. The zero-order valence-electron chi connectivity index (χ0n) is 9.17. The smallest absolute Gasteiger partial charge is 0.339 e. The van der Waals surface area contributed by atoms with E-state index in [1.807, 2.05) is 0 Å². The first-order chi connectivity index (χ1) is 7.40. The number of benzene rings is 1. The molecule has 0 spiro atoms. The molecule has 3 nitrogen and oxygen atoms in total. The number of carbonyl (C=O) groups is 1. The Morgan fingerprint density at radius 1 is 1.56 bits per heavy atom. The minimum Gasteiger partial charge on any atom is -0.467 e. The molecule has 0 bridgehead atoms. The lowest BCUT2D eigenvalue weighted by Crippen LogP contribution is -2.17. The van der Waals surface area contributed by atoms with E-state index in [0.717, 1.165) is 7.11 Å². The Balaban J connectivity index is 3.37. The Bertz CT molecular complexity index is 405. The highest BCUT2D eigenvalue weighted by Crippen LogP contribution is 2.30. The second kappa shape index (κ2) is 4.93. The molecule has 1 rings (SSSR count). The minimum absolute atomic E-state index is 0.0428. The summed E-state index contributed by atoms with van der Waals surface area (Å²) in [6, 6.07) is 1.60. The largest absolute Gasteiger partial charge is 0.467 e. The van der Waals surface area contributed by atoms with Crippen LogP contribution < -0.4 is 0 Å². The van der Waals surface area contributed by atoms with Crippen molar-refractivity contribution in [2.75, 3.05) is 7.11 Å². The van der Waals surface area contributed by atoms with Crippen molar-refractivity contribution in [1.82, 2.24) is 0 Å². The number of aryl methyl sites for hydroxylation is 1. The van der Waals surface area contributed by atoms with Gasteiger partial charge < -0.3 is 9.84 Å². The Kier molecular flexibility index (Phi) is 4.04. The van der Waals surface area contributed by atoms with Gasteiger partial charge in [0.05, 0.1) is 7.11 Å². The van der Waals surface area contributed by atoms with Crippen LogP contribution in [0.5, 0.6) is 0 Å². The fourth-order valence-electron chi connectivity index (χ4n) is 1.42. The monoisotopic (exact) mass is 290 g/mol. The third-order valence-corrected chi connectivity index (χ3v) is 3.21. The number of aliphatic hydroxyl groups excluding tert-OH is 1. The van der Waals surface area contributed by atoms with Gasteiger partial charge in [0, 0.05) is 10.0 Å². The zero-order valence-corrected chi connectivity index (χ0v) is 10.8. The average Bonchev–Trinajstić information content (AvgIpc) is 2.25. The lowest BCUT2D eigenvalue weighted by Gasteiger charge is -2.15. The van der Waals surface area contributed by atoms with Gasteiger partial charge in [0.15, 0.2) is 6.10 Å². The number of aliphatic hydroxyl groups is 1. The maximum absolute atomic E-state index is 13.8. The molecule has 5 heteroatoms. The minimum atomic E-state index is -1.60. The van der Waals surface area contributed by atoms with E-state index in [-0.39, 0.29) is 5.56 Å². The molecule has 0 saturated carbocycles. The number of methoxy groups -OCH3 is 1. The molecule has 1 atom stereocenters. The normalized spacial score (nSPS) is 12.4. The molecule has 0 heterocycles. The first-order valence-corrected chi connectivity index (χ1v) is 5.40. The standard InChI is InChI=1S/C11H12BrFO3/c1-5-4-7(12)6(2)8(9(5)13)10(14)11(15)16-3/h4,10,14H,1-3H3. The highest BCUT2D eigenvalue weighted by atomic mass is 79.9. The van der Waals surface area contributed by atoms with Gasteiger partial charge >= 0.3 is 5.97 Å². The molecule has 16 heavy (non-hydrogen) atoms. The summed E-state index contributed by atoms with van der Waals surface area (Å²) in [6.07, 6.45) is -1.60. The third-order valence-electron chi connectivity index (χ3n) is 2.39. The molecule has 0 aliphatic carbocycles. The first kappa shape index (κ1) is 13.1. The van der Waals surface area contributed by atoms with Crippen molar-refractivity contribution in [2.24, 2.45) is 0 Å². The molecule has 88 valence electrons. The zero-order chi connectivity index (χ0) is 12.5. The first-order valence-electron chi connectivity index (χ1n) is 4.61. The molecule has 0 aliphatic rings. The van der Waals surface area contributed by atoms with Crippen LogP contribution in [-0.4, -0.2) is 18.2 Å². The van der Waals surface area contributed by atoms with Gasteiger partial charge in [-0.1, -0.05) is 15.9 Å². The van der Waals surface area contributed by atoms with Gasteiger partial charge in [-0.15, -0.1) is 0 Å². The quantitative estimate of drug-likeness (QED) is 0.851. The van der Waals surface area contributed by atoms with Crippen LogP contribution in [0.4, 0.5) is 4.39 Å². The molecular weight excluding hydrogens is 279 g/mol. The van der Waals surface area contributed by atoms with Crippen LogP contribution in [0.25, 0.3) is 0 Å². The lowest BCUT2D eigenvalue weighted by atomic mass is 10.00. The van der Waals surface area contributed by atoms with Gasteiger partial charge in [0.1, 0.15) is 5.82 Å². The summed E-state index contributed by atoms with van der Waals surface area (Å²) in [7, 11) is 1.14. The summed E-state index contributed by atoms with van der Waals surface area (Å²) in [5.74, 6) is -1.46. The van der Waals surface area contributed by atoms with Crippen molar-refractivity contribution in [3.05, 3.63) is 33.0 Å². The average molecular weight is 291 g/mol. The Morgan fingerprint density at radius 2 is 2.12 bits per heavy atom. The number of halogens is 2. The SMILES string of the molecule is COC(=O)C(O)c1c(C)c(Br)cc(C)c1F. The Hall–Kier alpha value is -0.940. The van der Waals surface area contributed by atoms with Gasteiger partial charge in [-0.25, -0.2) is 9.18 Å². The summed E-state index contributed by atoms with van der Waals surface area (Å²) in [5.41, 5.74) is 0.801. The molecular formula is C11H12BrFO3. The van der Waals surface area contributed by atoms with Crippen LogP contribution in [0.1, 0.15) is 22.8 Å². The van der Waals surface area contributed by atoms with Crippen molar-refractivity contribution in [3.8, 4) is 0 Å². The molecule has 1 aromatic rings. The molecule has 0 fully saturated rings. The maximum atomic E-state index is 13.8. The van der Waals surface area contributed by atoms with E-state index in [0.29, 0.717) is 15.6 Å². The summed E-state index contributed by atoms with van der Waals surface area (Å²) in [5, 5.41) is 9.66. The lowest BCUT2D eigenvalue weighted by molar-refractivity contribution is -0.150. The van der Waals surface area contributed by atoms with Crippen molar-refractivity contribution >= 4 is 21.9 Å². The van der Waals surface area contributed by atoms with E-state index in [2.05, 4.69) is 20.7 Å². The topological polar surface area (TPSA) is 46.5 Å². The molecule has 0 aromatic heterocycles. The number of carbonyl (C=O) groups excluding carboxylic acids is 1. The second-order valence-electron chi connectivity index (χ2n) is 3.45. The molecule has 0 saturated heterocycles. The molecule has 1 N–H and O–H groups in total. The van der Waals surface area contributed by atoms with Crippen molar-refractivity contribution in [3.63, 3.8) is 0 Å². The van der Waals surface area contributed by atoms with Gasteiger partial charge in [-0.05, 0) is 31.0 Å². The predicted molar refractivity (Wildman–Crippen MR) is 60.5 cm³/mol. The summed E-state index contributed by atoms with van der Waals surface area (Å²) >= 11 is 3.24. The molecule has 1 aromatic carbocycles. The number of ether oxygens (including phenoxy) is 1. The Morgan fingerprint density at radius 3 is 2.62 bits per heavy atom. The fourth-order valence-corrected chi connectivity index (χ4v) is 1.98. The number of hydrogen-bond donors (Lipinski definition) is 1. The van der Waals surface area contributed by atoms with Gasteiger partial charge in [-0.3, -0.25) is 0 Å². The van der Waals surface area contributed by atoms with Crippen molar-refractivity contribution < 1.29 is 19.0 Å². The third kappa shape index (κ3) is 2.25. The van der Waals surface area contributed by atoms with Gasteiger partial charge in [0.25, 0.3) is 0 Å². The number of hydrogen-bond acceptors (Lipinski definition) is 3. The van der Waals surface area contributed by atoms with E-state index < -0.39 is 17.9 Å². The summed E-state index contributed by atoms with van der Waals surface area (Å²) in [6.45, 7) is 3.18. The van der Waals surface area contributed by atoms with Gasteiger partial charge in [-0.2, -0.15) is 0 Å². The van der Waals surface area contributed by atoms with Crippen LogP contribution in [0, 0.1) is 19.7 Å². The molecule has 0 radical (unpaired) electrons. The van der Waals surface area contributed by atoms with E-state index in [1.54, 1.807) is 19.9 Å². The molecule has 0 amide bonds. The molecule has 0 aliphatic heterocycles.